The maximum absolute atomic E-state index is 13.0. The second-order valence-electron chi connectivity index (χ2n) is 7.02. The molecule has 1 saturated heterocycles. The maximum atomic E-state index is 13.0. The van der Waals surface area contributed by atoms with E-state index in [2.05, 4.69) is 5.32 Å². The van der Waals surface area contributed by atoms with E-state index in [4.69, 9.17) is 0 Å². The first kappa shape index (κ1) is 20.1. The number of amides is 2. The van der Waals surface area contributed by atoms with Crippen molar-refractivity contribution in [3.05, 3.63) is 65.7 Å². The van der Waals surface area contributed by atoms with Crippen LogP contribution in [0.5, 0.6) is 0 Å². The molecule has 7 heteroatoms. The molecule has 1 aliphatic heterocycles. The molecule has 2 aromatic rings. The number of carbonyl (C=O) groups excluding carboxylic acids is 2. The van der Waals surface area contributed by atoms with Crippen LogP contribution < -0.4 is 5.32 Å². The number of nitrogens with one attached hydrogen (secondary N) is 1. The summed E-state index contributed by atoms with van der Waals surface area (Å²) in [5.74, 6) is -0.693. The Hall–Kier alpha value is -2.67. The Kier molecular flexibility index (Phi) is 6.14. The molecule has 3 rings (SSSR count). The van der Waals surface area contributed by atoms with Gasteiger partial charge in [-0.1, -0.05) is 42.5 Å². The normalized spacial score (nSPS) is 15.2. The molecule has 0 aliphatic carbocycles. The average molecular weight is 401 g/mol. The van der Waals surface area contributed by atoms with Crippen molar-refractivity contribution < 1.29 is 18.0 Å². The quantitative estimate of drug-likeness (QED) is 0.804. The topological polar surface area (TPSA) is 83.5 Å². The van der Waals surface area contributed by atoms with Gasteiger partial charge in [0.25, 0.3) is 5.91 Å². The van der Waals surface area contributed by atoms with Crippen LogP contribution in [0.4, 0.5) is 0 Å². The van der Waals surface area contributed by atoms with Crippen LogP contribution in [0.2, 0.25) is 0 Å². The fraction of sp³-hybridized carbons (Fsp3) is 0.333. The Morgan fingerprint density at radius 3 is 2.25 bits per heavy atom. The van der Waals surface area contributed by atoms with Crippen LogP contribution in [0.25, 0.3) is 0 Å². The Morgan fingerprint density at radius 1 is 1.00 bits per heavy atom. The van der Waals surface area contributed by atoms with E-state index < -0.39 is 21.8 Å². The van der Waals surface area contributed by atoms with Gasteiger partial charge in [-0.3, -0.25) is 9.59 Å². The molecule has 0 radical (unpaired) electrons. The summed E-state index contributed by atoms with van der Waals surface area (Å²) in [5, 5.41) is 2.78. The van der Waals surface area contributed by atoms with E-state index >= 15 is 0 Å². The highest BCUT2D eigenvalue weighted by atomic mass is 32.2. The second-order valence-corrected chi connectivity index (χ2v) is 9.00. The predicted molar refractivity (Wildman–Crippen MR) is 107 cm³/mol. The average Bonchev–Trinajstić information content (AvgIpc) is 3.22. The standard InChI is InChI=1S/C21H24N2O4S/c1-28(26,27)19-12-6-5-11-17(19)20(24)22-18(15-16-9-3-2-4-10-16)21(25)23-13-7-8-14-23/h2-6,9-12,18H,7-8,13-15H2,1H3,(H,22,24). The molecule has 1 heterocycles. The maximum Gasteiger partial charge on any atom is 0.253 e. The highest BCUT2D eigenvalue weighted by molar-refractivity contribution is 7.90. The molecule has 1 N–H and O–H groups in total. The largest absolute Gasteiger partial charge is 0.341 e. The van der Waals surface area contributed by atoms with Crippen molar-refractivity contribution in [2.24, 2.45) is 0 Å². The van der Waals surface area contributed by atoms with Crippen LogP contribution in [0.15, 0.2) is 59.5 Å². The fourth-order valence-corrected chi connectivity index (χ4v) is 4.31. The number of rotatable bonds is 6. The van der Waals surface area contributed by atoms with Crippen molar-refractivity contribution >= 4 is 21.7 Å². The van der Waals surface area contributed by atoms with Gasteiger partial charge in [0.1, 0.15) is 6.04 Å². The molecule has 2 amide bonds. The van der Waals surface area contributed by atoms with Crippen LogP contribution in [-0.2, 0) is 21.1 Å². The smallest absolute Gasteiger partial charge is 0.253 e. The van der Waals surface area contributed by atoms with E-state index in [1.165, 1.54) is 12.1 Å². The van der Waals surface area contributed by atoms with Crippen molar-refractivity contribution in [1.82, 2.24) is 10.2 Å². The van der Waals surface area contributed by atoms with E-state index in [9.17, 15) is 18.0 Å². The van der Waals surface area contributed by atoms with Gasteiger partial charge >= 0.3 is 0 Å². The molecular weight excluding hydrogens is 376 g/mol. The number of hydrogen-bond acceptors (Lipinski definition) is 4. The zero-order valence-corrected chi connectivity index (χ0v) is 16.6. The fourth-order valence-electron chi connectivity index (χ4n) is 3.42. The molecule has 1 unspecified atom stereocenters. The molecule has 2 aromatic carbocycles. The highest BCUT2D eigenvalue weighted by Gasteiger charge is 2.29. The summed E-state index contributed by atoms with van der Waals surface area (Å²) in [6.45, 7) is 1.36. The molecular formula is C21H24N2O4S. The van der Waals surface area contributed by atoms with Gasteiger partial charge < -0.3 is 10.2 Å². The molecule has 0 spiro atoms. The predicted octanol–water partition coefficient (Wildman–Crippen LogP) is 2.05. The highest BCUT2D eigenvalue weighted by Crippen LogP contribution is 2.17. The third kappa shape index (κ3) is 4.78. The van der Waals surface area contributed by atoms with Crippen LogP contribution in [0, 0.1) is 0 Å². The Morgan fingerprint density at radius 2 is 1.61 bits per heavy atom. The molecule has 1 aliphatic rings. The summed E-state index contributed by atoms with van der Waals surface area (Å²) in [7, 11) is -3.57. The van der Waals surface area contributed by atoms with Gasteiger partial charge in [-0.15, -0.1) is 0 Å². The van der Waals surface area contributed by atoms with Gasteiger partial charge in [-0.25, -0.2) is 8.42 Å². The third-order valence-electron chi connectivity index (χ3n) is 4.83. The molecule has 1 fully saturated rings. The summed E-state index contributed by atoms with van der Waals surface area (Å²) in [4.78, 5) is 27.6. The number of carbonyl (C=O) groups is 2. The molecule has 28 heavy (non-hydrogen) atoms. The minimum atomic E-state index is -3.57. The number of likely N-dealkylation sites (tertiary alicyclic amines) is 1. The summed E-state index contributed by atoms with van der Waals surface area (Å²) in [5.41, 5.74) is 0.981. The Labute approximate surface area is 165 Å². The van der Waals surface area contributed by atoms with Gasteiger partial charge in [0.15, 0.2) is 9.84 Å². The SMILES string of the molecule is CS(=O)(=O)c1ccccc1C(=O)NC(Cc1ccccc1)C(=O)N1CCCC1. The first-order chi connectivity index (χ1) is 13.4. The Bertz CT molecular complexity index is 951. The Balaban J connectivity index is 1.87. The lowest BCUT2D eigenvalue weighted by Gasteiger charge is -2.24. The molecule has 1 atom stereocenters. The molecule has 148 valence electrons. The molecule has 6 nitrogen and oxygen atoms in total. The number of sulfone groups is 1. The summed E-state index contributed by atoms with van der Waals surface area (Å²) >= 11 is 0. The lowest BCUT2D eigenvalue weighted by atomic mass is 10.0. The van der Waals surface area contributed by atoms with Crippen molar-refractivity contribution in [2.45, 2.75) is 30.2 Å². The first-order valence-corrected chi connectivity index (χ1v) is 11.2. The van der Waals surface area contributed by atoms with Gasteiger partial charge in [-0.2, -0.15) is 0 Å². The van der Waals surface area contributed by atoms with Gasteiger partial charge in [0, 0.05) is 25.8 Å². The van der Waals surface area contributed by atoms with E-state index in [0.29, 0.717) is 19.5 Å². The van der Waals surface area contributed by atoms with Crippen molar-refractivity contribution in [3.63, 3.8) is 0 Å². The lowest BCUT2D eigenvalue weighted by molar-refractivity contribution is -0.132. The van der Waals surface area contributed by atoms with E-state index in [1.54, 1.807) is 17.0 Å². The van der Waals surface area contributed by atoms with Crippen LogP contribution in [-0.4, -0.2) is 50.5 Å². The molecule has 0 bridgehead atoms. The first-order valence-electron chi connectivity index (χ1n) is 9.29. The minimum absolute atomic E-state index is 0.0421. The number of nitrogens with zero attached hydrogens (tertiary/aromatic N) is 1. The zero-order valence-electron chi connectivity index (χ0n) is 15.8. The zero-order chi connectivity index (χ0) is 20.1. The van der Waals surface area contributed by atoms with Crippen molar-refractivity contribution in [2.75, 3.05) is 19.3 Å². The van der Waals surface area contributed by atoms with Crippen LogP contribution in [0.1, 0.15) is 28.8 Å². The number of benzene rings is 2. The number of hydrogen-bond donors (Lipinski definition) is 1. The van der Waals surface area contributed by atoms with Gasteiger partial charge in [-0.05, 0) is 30.5 Å². The monoisotopic (exact) mass is 400 g/mol. The second kappa shape index (κ2) is 8.56. The lowest BCUT2D eigenvalue weighted by Crippen LogP contribution is -2.49. The van der Waals surface area contributed by atoms with Gasteiger partial charge in [0.2, 0.25) is 5.91 Å². The van der Waals surface area contributed by atoms with E-state index in [-0.39, 0.29) is 16.4 Å². The van der Waals surface area contributed by atoms with Crippen molar-refractivity contribution in [3.8, 4) is 0 Å². The molecule has 0 aromatic heterocycles. The third-order valence-corrected chi connectivity index (χ3v) is 5.99. The minimum Gasteiger partial charge on any atom is -0.341 e. The van der Waals surface area contributed by atoms with Crippen LogP contribution in [0.3, 0.4) is 0 Å². The summed E-state index contributed by atoms with van der Waals surface area (Å²) < 4.78 is 24.0. The summed E-state index contributed by atoms with van der Waals surface area (Å²) in [6.07, 6.45) is 3.32. The van der Waals surface area contributed by atoms with Gasteiger partial charge in [0.05, 0.1) is 10.5 Å². The summed E-state index contributed by atoms with van der Waals surface area (Å²) in [6, 6.07) is 14.8. The van der Waals surface area contributed by atoms with Crippen molar-refractivity contribution in [1.29, 1.82) is 0 Å². The van der Waals surface area contributed by atoms with E-state index in [1.807, 2.05) is 30.3 Å². The van der Waals surface area contributed by atoms with E-state index in [0.717, 1.165) is 24.7 Å². The van der Waals surface area contributed by atoms with Crippen LogP contribution >= 0.6 is 0 Å². The molecule has 0 saturated carbocycles.